The summed E-state index contributed by atoms with van der Waals surface area (Å²) in [6, 6.07) is 0. The van der Waals surface area contributed by atoms with Crippen LogP contribution in [-0.2, 0) is 10.3 Å². The number of rotatable bonds is 10. The highest BCUT2D eigenvalue weighted by molar-refractivity contribution is 7.83. The summed E-state index contributed by atoms with van der Waals surface area (Å²) >= 11 is 0. The Morgan fingerprint density at radius 3 is 2.00 bits per heavy atom. The first-order chi connectivity index (χ1) is 7.42. The van der Waals surface area contributed by atoms with Crippen LogP contribution in [0.5, 0.6) is 0 Å². The topological polar surface area (TPSA) is 66.4 Å². The minimum absolute atomic E-state index is 0.338. The average Bonchev–Trinajstić information content (AvgIpc) is 2.13. The molecule has 0 aliphatic heterocycles. The summed E-state index contributed by atoms with van der Waals surface area (Å²) in [4.78, 5) is 0. The molecule has 0 aromatic carbocycles. The normalized spacial score (nSPS) is 12.2. The van der Waals surface area contributed by atoms with E-state index in [1.807, 2.05) is 0 Å². The maximum absolute atomic E-state index is 10.3. The van der Waals surface area contributed by atoms with Gasteiger partial charge in [0.15, 0.2) is 0 Å². The van der Waals surface area contributed by atoms with Gasteiger partial charge in [-0.15, -0.1) is 0 Å². The monoisotopic (exact) mass is 251 g/mol. The standard InChI is InChI=1S/C11H25NO3S/c1-11(2)9-7-5-3-4-6-8-10-12-16(13,14)15/h11-12H,3-10H2,1-2H3,(H,13,14,15). The molecule has 2 N–H and O–H groups in total. The van der Waals surface area contributed by atoms with Crippen molar-refractivity contribution in [3.63, 3.8) is 0 Å². The van der Waals surface area contributed by atoms with Crippen molar-refractivity contribution in [2.75, 3.05) is 6.54 Å². The first kappa shape index (κ1) is 15.9. The second-order valence-electron chi connectivity index (χ2n) is 4.67. The summed E-state index contributed by atoms with van der Waals surface area (Å²) in [5.74, 6) is 0.791. The van der Waals surface area contributed by atoms with Crippen LogP contribution in [0.25, 0.3) is 0 Å². The Hall–Kier alpha value is -0.130. The fourth-order valence-corrected chi connectivity index (χ4v) is 1.99. The van der Waals surface area contributed by atoms with Crippen LogP contribution < -0.4 is 4.72 Å². The quantitative estimate of drug-likeness (QED) is 0.463. The van der Waals surface area contributed by atoms with Crippen molar-refractivity contribution in [1.29, 1.82) is 0 Å². The lowest BCUT2D eigenvalue weighted by Gasteiger charge is -2.04. The van der Waals surface area contributed by atoms with Gasteiger partial charge in [0, 0.05) is 6.54 Å². The smallest absolute Gasteiger partial charge is 0.273 e. The van der Waals surface area contributed by atoms with Crippen molar-refractivity contribution < 1.29 is 13.0 Å². The zero-order chi connectivity index (χ0) is 12.4. The Kier molecular flexibility index (Phi) is 8.89. The van der Waals surface area contributed by atoms with Gasteiger partial charge in [-0.25, -0.2) is 0 Å². The third-order valence-electron chi connectivity index (χ3n) is 2.49. The van der Waals surface area contributed by atoms with E-state index >= 15 is 0 Å². The first-order valence-corrected chi connectivity index (χ1v) is 7.58. The molecule has 0 radical (unpaired) electrons. The highest BCUT2D eigenvalue weighted by Gasteiger charge is 2.00. The maximum atomic E-state index is 10.3. The minimum atomic E-state index is -3.99. The molecule has 0 fully saturated rings. The molecule has 0 saturated carbocycles. The third-order valence-corrected chi connectivity index (χ3v) is 3.06. The van der Waals surface area contributed by atoms with Crippen LogP contribution in [0.4, 0.5) is 0 Å². The molecule has 0 saturated heterocycles. The predicted molar refractivity (Wildman–Crippen MR) is 66.7 cm³/mol. The predicted octanol–water partition coefficient (Wildman–Crippen LogP) is 2.77. The van der Waals surface area contributed by atoms with Gasteiger partial charge in [0.1, 0.15) is 0 Å². The van der Waals surface area contributed by atoms with Gasteiger partial charge in [-0.2, -0.15) is 13.1 Å². The number of hydrogen-bond acceptors (Lipinski definition) is 2. The molecule has 0 aliphatic rings. The second-order valence-corrected chi connectivity index (χ2v) is 5.91. The van der Waals surface area contributed by atoms with E-state index in [2.05, 4.69) is 18.6 Å². The average molecular weight is 251 g/mol. The van der Waals surface area contributed by atoms with E-state index in [0.717, 1.165) is 25.2 Å². The van der Waals surface area contributed by atoms with Gasteiger partial charge in [-0.1, -0.05) is 52.4 Å². The molecule has 0 amide bonds. The maximum Gasteiger partial charge on any atom is 0.333 e. The van der Waals surface area contributed by atoms with Gasteiger partial charge in [0.05, 0.1) is 0 Å². The molecule has 0 spiro atoms. The van der Waals surface area contributed by atoms with E-state index in [-0.39, 0.29) is 0 Å². The zero-order valence-electron chi connectivity index (χ0n) is 10.4. The SMILES string of the molecule is CC(C)CCCCCCCCNS(=O)(=O)O. The van der Waals surface area contributed by atoms with Gasteiger partial charge in [0.25, 0.3) is 0 Å². The Morgan fingerprint density at radius 1 is 1.00 bits per heavy atom. The van der Waals surface area contributed by atoms with Crippen LogP contribution in [0.2, 0.25) is 0 Å². The molecule has 0 unspecified atom stereocenters. The van der Waals surface area contributed by atoms with Crippen molar-refractivity contribution in [2.45, 2.75) is 58.8 Å². The molecule has 0 rings (SSSR count). The molecule has 0 bridgehead atoms. The summed E-state index contributed by atoms with van der Waals surface area (Å²) in [7, 11) is -3.99. The summed E-state index contributed by atoms with van der Waals surface area (Å²) in [5, 5.41) is 0. The summed E-state index contributed by atoms with van der Waals surface area (Å²) < 4.78 is 31.1. The Morgan fingerprint density at radius 2 is 1.50 bits per heavy atom. The third kappa shape index (κ3) is 13.9. The molecule has 0 heterocycles. The van der Waals surface area contributed by atoms with E-state index in [9.17, 15) is 8.42 Å². The number of hydrogen-bond donors (Lipinski definition) is 2. The van der Waals surface area contributed by atoms with Crippen LogP contribution >= 0.6 is 0 Å². The lowest BCUT2D eigenvalue weighted by molar-refractivity contribution is 0.464. The van der Waals surface area contributed by atoms with Gasteiger partial charge in [-0.3, -0.25) is 4.55 Å². The molecule has 4 nitrogen and oxygen atoms in total. The van der Waals surface area contributed by atoms with Gasteiger partial charge >= 0.3 is 10.3 Å². The molecule has 16 heavy (non-hydrogen) atoms. The van der Waals surface area contributed by atoms with Crippen molar-refractivity contribution in [3.05, 3.63) is 0 Å². The summed E-state index contributed by atoms with van der Waals surface area (Å²) in [6.07, 6.45) is 8.03. The molecular weight excluding hydrogens is 226 g/mol. The molecule has 98 valence electrons. The van der Waals surface area contributed by atoms with Crippen molar-refractivity contribution >= 4 is 10.3 Å². The van der Waals surface area contributed by atoms with Crippen molar-refractivity contribution in [3.8, 4) is 0 Å². The highest BCUT2D eigenvalue weighted by atomic mass is 32.2. The van der Waals surface area contributed by atoms with Crippen LogP contribution in [0.15, 0.2) is 0 Å². The summed E-state index contributed by atoms with van der Waals surface area (Å²) in [6.45, 7) is 4.81. The molecule has 0 aromatic rings. The highest BCUT2D eigenvalue weighted by Crippen LogP contribution is 2.10. The number of unbranched alkanes of at least 4 members (excludes halogenated alkanes) is 5. The Labute approximate surface area is 99.7 Å². The summed E-state index contributed by atoms with van der Waals surface area (Å²) in [5.41, 5.74) is 0. The Balaban J connectivity index is 3.10. The van der Waals surface area contributed by atoms with Crippen LogP contribution in [0, 0.1) is 5.92 Å². The minimum Gasteiger partial charge on any atom is -0.273 e. The van der Waals surface area contributed by atoms with Crippen LogP contribution in [0.3, 0.4) is 0 Å². The largest absolute Gasteiger partial charge is 0.333 e. The van der Waals surface area contributed by atoms with E-state index in [1.165, 1.54) is 25.7 Å². The van der Waals surface area contributed by atoms with Gasteiger partial charge < -0.3 is 0 Å². The molecule has 0 aromatic heterocycles. The molecule has 5 heteroatoms. The first-order valence-electron chi connectivity index (χ1n) is 6.14. The fraction of sp³-hybridized carbons (Fsp3) is 1.00. The second kappa shape index (κ2) is 8.96. The lowest BCUT2D eigenvalue weighted by Crippen LogP contribution is -2.23. The van der Waals surface area contributed by atoms with Gasteiger partial charge in [-0.05, 0) is 12.3 Å². The molecule has 0 atom stereocenters. The number of nitrogens with one attached hydrogen (secondary N) is 1. The van der Waals surface area contributed by atoms with Crippen molar-refractivity contribution in [1.82, 2.24) is 4.72 Å². The molecule has 0 aliphatic carbocycles. The van der Waals surface area contributed by atoms with E-state index in [1.54, 1.807) is 0 Å². The van der Waals surface area contributed by atoms with E-state index in [4.69, 9.17) is 4.55 Å². The Bertz CT molecular complexity index is 250. The lowest BCUT2D eigenvalue weighted by atomic mass is 10.0. The van der Waals surface area contributed by atoms with Crippen molar-refractivity contribution in [2.24, 2.45) is 5.92 Å². The fourth-order valence-electron chi connectivity index (χ4n) is 1.59. The zero-order valence-corrected chi connectivity index (χ0v) is 11.2. The van der Waals surface area contributed by atoms with Gasteiger partial charge in [0.2, 0.25) is 0 Å². The van der Waals surface area contributed by atoms with Crippen LogP contribution in [-0.4, -0.2) is 19.5 Å². The molecular formula is C11H25NO3S. The van der Waals surface area contributed by atoms with E-state index in [0.29, 0.717) is 6.54 Å². The van der Waals surface area contributed by atoms with Crippen LogP contribution in [0.1, 0.15) is 58.8 Å². The van der Waals surface area contributed by atoms with E-state index < -0.39 is 10.3 Å².